The van der Waals surface area contributed by atoms with Crippen molar-refractivity contribution in [2.24, 2.45) is 11.3 Å². The number of hydrogen-bond donors (Lipinski definition) is 2. The van der Waals surface area contributed by atoms with Crippen molar-refractivity contribution >= 4 is 23.5 Å². The fourth-order valence-corrected chi connectivity index (χ4v) is 4.21. The normalized spacial score (nSPS) is 20.3. The maximum absolute atomic E-state index is 13.3. The van der Waals surface area contributed by atoms with Gasteiger partial charge in [0.15, 0.2) is 0 Å². The van der Waals surface area contributed by atoms with Gasteiger partial charge >= 0.3 is 6.03 Å². The van der Waals surface area contributed by atoms with Crippen molar-refractivity contribution in [2.75, 3.05) is 13.1 Å². The van der Waals surface area contributed by atoms with Gasteiger partial charge in [0.05, 0.1) is 0 Å². The number of urea groups is 1. The predicted octanol–water partition coefficient (Wildman–Crippen LogP) is 4.80. The number of nitrogens with zero attached hydrogens (tertiary/aromatic N) is 1. The number of likely N-dealkylation sites (tertiary alicyclic amines) is 1. The number of piperidine rings is 1. The van der Waals surface area contributed by atoms with Crippen molar-refractivity contribution < 1.29 is 9.59 Å². The summed E-state index contributed by atoms with van der Waals surface area (Å²) in [6.45, 7) is 15.4. The number of carbonyl (C=O) groups is 2. The van der Waals surface area contributed by atoms with Gasteiger partial charge in [-0.1, -0.05) is 51.4 Å². The van der Waals surface area contributed by atoms with Crippen molar-refractivity contribution in [1.82, 2.24) is 15.5 Å². The number of rotatable bonds is 4. The maximum atomic E-state index is 13.3. The van der Waals surface area contributed by atoms with Gasteiger partial charge in [-0.3, -0.25) is 4.79 Å². The predicted molar refractivity (Wildman–Crippen MR) is 119 cm³/mol. The third kappa shape index (κ3) is 6.36. The zero-order valence-electron chi connectivity index (χ0n) is 18.8. The zero-order valence-corrected chi connectivity index (χ0v) is 19.6. The molecule has 1 heterocycles. The van der Waals surface area contributed by atoms with E-state index in [-0.39, 0.29) is 28.8 Å². The second kappa shape index (κ2) is 8.95. The Labute approximate surface area is 180 Å². The number of hydrogen-bond acceptors (Lipinski definition) is 2. The summed E-state index contributed by atoms with van der Waals surface area (Å²) in [6, 6.07) is 7.18. The van der Waals surface area contributed by atoms with E-state index in [0.717, 1.165) is 11.4 Å². The minimum Gasteiger partial charge on any atom is -0.340 e. The molecule has 1 aromatic carbocycles. The van der Waals surface area contributed by atoms with Crippen molar-refractivity contribution in [3.63, 3.8) is 0 Å². The van der Waals surface area contributed by atoms with Gasteiger partial charge in [0.2, 0.25) is 5.91 Å². The summed E-state index contributed by atoms with van der Waals surface area (Å²) in [6.07, 6.45) is 0.888. The van der Waals surface area contributed by atoms with Crippen LogP contribution in [0.2, 0.25) is 5.02 Å². The molecule has 6 heteroatoms. The molecule has 2 atom stereocenters. The van der Waals surface area contributed by atoms with E-state index >= 15 is 0 Å². The monoisotopic (exact) mass is 421 g/mol. The molecule has 0 saturated carbocycles. The number of carbonyl (C=O) groups excluding carboxylic acids is 2. The number of nitrogens with one attached hydrogen (secondary N) is 2. The van der Waals surface area contributed by atoms with Crippen LogP contribution < -0.4 is 10.6 Å². The molecule has 1 unspecified atom stereocenters. The van der Waals surface area contributed by atoms with Crippen molar-refractivity contribution in [3.8, 4) is 0 Å². The topological polar surface area (TPSA) is 61.4 Å². The molecule has 1 aliphatic heterocycles. The van der Waals surface area contributed by atoms with Gasteiger partial charge in [0, 0.05) is 23.7 Å². The zero-order chi connectivity index (χ0) is 22.0. The summed E-state index contributed by atoms with van der Waals surface area (Å²) in [5.41, 5.74) is 0.833. The lowest BCUT2D eigenvalue weighted by Crippen LogP contribution is -2.58. The van der Waals surface area contributed by atoms with Crippen LogP contribution in [0, 0.1) is 11.3 Å². The Morgan fingerprint density at radius 1 is 1.17 bits per heavy atom. The largest absolute Gasteiger partial charge is 0.340 e. The van der Waals surface area contributed by atoms with E-state index in [4.69, 9.17) is 11.6 Å². The van der Waals surface area contributed by atoms with E-state index in [2.05, 4.69) is 36.6 Å². The first-order chi connectivity index (χ1) is 13.3. The van der Waals surface area contributed by atoms with Gasteiger partial charge in [-0.25, -0.2) is 4.79 Å². The highest BCUT2D eigenvalue weighted by Gasteiger charge is 2.40. The quantitative estimate of drug-likeness (QED) is 0.733. The molecule has 29 heavy (non-hydrogen) atoms. The lowest BCUT2D eigenvalue weighted by molar-refractivity contribution is -0.137. The summed E-state index contributed by atoms with van der Waals surface area (Å²) in [4.78, 5) is 27.5. The molecule has 0 radical (unpaired) electrons. The molecule has 2 rings (SSSR count). The number of amides is 3. The molecule has 0 aliphatic carbocycles. The van der Waals surface area contributed by atoms with Gasteiger partial charge in [-0.05, 0) is 62.1 Å². The molecule has 0 spiro atoms. The first-order valence-electron chi connectivity index (χ1n) is 10.4. The molecule has 1 saturated heterocycles. The van der Waals surface area contributed by atoms with Crippen molar-refractivity contribution in [2.45, 2.75) is 72.4 Å². The van der Waals surface area contributed by atoms with E-state index in [1.807, 2.05) is 51.7 Å². The Morgan fingerprint density at radius 2 is 1.76 bits per heavy atom. The second-order valence-corrected chi connectivity index (χ2v) is 10.6. The van der Waals surface area contributed by atoms with Crippen LogP contribution in [0.5, 0.6) is 0 Å². The van der Waals surface area contributed by atoms with Crippen LogP contribution in [0.15, 0.2) is 24.3 Å². The van der Waals surface area contributed by atoms with Crippen LogP contribution in [-0.4, -0.2) is 41.5 Å². The van der Waals surface area contributed by atoms with Crippen LogP contribution in [0.4, 0.5) is 4.79 Å². The lowest BCUT2D eigenvalue weighted by atomic mass is 9.70. The average Bonchev–Trinajstić information content (AvgIpc) is 2.57. The van der Waals surface area contributed by atoms with Crippen LogP contribution in [0.3, 0.4) is 0 Å². The first kappa shape index (κ1) is 23.5. The standard InChI is InChI=1S/C23H36ClN3O2/c1-15(2)19(25-21(29)26-22(3,4)5)20(28)27-13-12-18(23(6,7)14-27)16-8-10-17(24)11-9-16/h8-11,15,18-19H,12-14H2,1-7H3,(H2,25,26,29)/t18?,19-/m1/s1. The Balaban J connectivity index is 2.10. The van der Waals surface area contributed by atoms with E-state index in [1.54, 1.807) is 0 Å². The molecular formula is C23H36ClN3O2. The SMILES string of the molecule is CC(C)[C@@H](NC(=O)NC(C)(C)C)C(=O)N1CCC(c2ccc(Cl)cc2)C(C)(C)C1. The fraction of sp³-hybridized carbons (Fsp3) is 0.652. The van der Waals surface area contributed by atoms with E-state index < -0.39 is 6.04 Å². The lowest BCUT2D eigenvalue weighted by Gasteiger charge is -2.45. The Kier molecular flexibility index (Phi) is 7.26. The summed E-state index contributed by atoms with van der Waals surface area (Å²) < 4.78 is 0. The Hall–Kier alpha value is -1.75. The average molecular weight is 422 g/mol. The molecule has 1 fully saturated rings. The van der Waals surface area contributed by atoms with Gasteiger partial charge in [-0.15, -0.1) is 0 Å². The molecule has 5 nitrogen and oxygen atoms in total. The third-order valence-corrected chi connectivity index (χ3v) is 5.77. The summed E-state index contributed by atoms with van der Waals surface area (Å²) >= 11 is 6.04. The molecule has 0 aromatic heterocycles. The molecule has 162 valence electrons. The van der Waals surface area contributed by atoms with Gasteiger partial charge in [0.25, 0.3) is 0 Å². The molecule has 2 N–H and O–H groups in total. The van der Waals surface area contributed by atoms with Gasteiger partial charge in [0.1, 0.15) is 6.04 Å². The Bertz CT molecular complexity index is 723. The highest BCUT2D eigenvalue weighted by Crippen LogP contribution is 2.42. The number of halogens is 1. The molecule has 1 aliphatic rings. The van der Waals surface area contributed by atoms with Crippen LogP contribution in [-0.2, 0) is 4.79 Å². The van der Waals surface area contributed by atoms with Crippen LogP contribution >= 0.6 is 11.6 Å². The van der Waals surface area contributed by atoms with Crippen LogP contribution in [0.1, 0.15) is 66.4 Å². The van der Waals surface area contributed by atoms with Crippen molar-refractivity contribution in [1.29, 1.82) is 0 Å². The molecule has 3 amide bonds. The minimum atomic E-state index is -0.541. The summed E-state index contributed by atoms with van der Waals surface area (Å²) in [5, 5.41) is 6.51. The maximum Gasteiger partial charge on any atom is 0.315 e. The van der Waals surface area contributed by atoms with Gasteiger partial charge < -0.3 is 15.5 Å². The Morgan fingerprint density at radius 3 is 2.24 bits per heavy atom. The van der Waals surface area contributed by atoms with E-state index in [1.165, 1.54) is 5.56 Å². The molecule has 1 aromatic rings. The highest BCUT2D eigenvalue weighted by atomic mass is 35.5. The second-order valence-electron chi connectivity index (χ2n) is 10.2. The van der Waals surface area contributed by atoms with E-state index in [0.29, 0.717) is 19.0 Å². The molecular weight excluding hydrogens is 386 g/mol. The smallest absolute Gasteiger partial charge is 0.315 e. The minimum absolute atomic E-state index is 0.00493. The first-order valence-corrected chi connectivity index (χ1v) is 10.8. The number of benzene rings is 1. The molecule has 0 bridgehead atoms. The summed E-state index contributed by atoms with van der Waals surface area (Å²) in [7, 11) is 0. The van der Waals surface area contributed by atoms with E-state index in [9.17, 15) is 9.59 Å². The summed E-state index contributed by atoms with van der Waals surface area (Å²) in [5.74, 6) is 0.357. The third-order valence-electron chi connectivity index (χ3n) is 5.52. The highest BCUT2D eigenvalue weighted by molar-refractivity contribution is 6.30. The van der Waals surface area contributed by atoms with Gasteiger partial charge in [-0.2, -0.15) is 0 Å². The van der Waals surface area contributed by atoms with Crippen molar-refractivity contribution in [3.05, 3.63) is 34.9 Å². The fourth-order valence-electron chi connectivity index (χ4n) is 4.09. The van der Waals surface area contributed by atoms with Crippen LogP contribution in [0.25, 0.3) is 0 Å².